The molecule has 2 rings (SSSR count). The maximum absolute atomic E-state index is 13.7. The van der Waals surface area contributed by atoms with Crippen LogP contribution in [0, 0.1) is 23.3 Å². The summed E-state index contributed by atoms with van der Waals surface area (Å²) in [5, 5.41) is 0. The van der Waals surface area contributed by atoms with Gasteiger partial charge >= 0.3 is 0 Å². The largest absolute Gasteiger partial charge is 0.744 e. The van der Waals surface area contributed by atoms with Gasteiger partial charge in [0.2, 0.25) is 11.6 Å². The summed E-state index contributed by atoms with van der Waals surface area (Å²) < 4.78 is 91.4. The van der Waals surface area contributed by atoms with Crippen LogP contribution in [0.1, 0.15) is 11.1 Å². The van der Waals surface area contributed by atoms with Crippen LogP contribution in [0.5, 0.6) is 5.75 Å². The van der Waals surface area contributed by atoms with Crippen molar-refractivity contribution < 1.29 is 35.3 Å². The summed E-state index contributed by atoms with van der Waals surface area (Å²) in [7, 11) is -5.75. The molecule has 0 aliphatic heterocycles. The van der Waals surface area contributed by atoms with E-state index in [-0.39, 0.29) is 0 Å². The van der Waals surface area contributed by atoms with Gasteiger partial charge in [-0.25, -0.2) is 17.2 Å². The third-order valence-corrected chi connectivity index (χ3v) is 3.89. The van der Waals surface area contributed by atoms with Crippen LogP contribution in [-0.4, -0.2) is 13.0 Å². The van der Waals surface area contributed by atoms with Crippen molar-refractivity contribution in [1.29, 1.82) is 0 Å². The lowest BCUT2D eigenvalue weighted by Gasteiger charge is -2.14. The van der Waals surface area contributed by atoms with Crippen molar-refractivity contribution in [3.8, 4) is 5.75 Å². The molecule has 0 aromatic heterocycles. The number of hydrogen-bond donors (Lipinski definition) is 0. The summed E-state index contributed by atoms with van der Waals surface area (Å²) in [5.41, 5.74) is 1.18. The predicted octanol–water partition coefficient (Wildman–Crippen LogP) is 3.37. The Balaban J connectivity index is 2.39. The Morgan fingerprint density at radius 2 is 1.50 bits per heavy atom. The Hall–Kier alpha value is -2.39. The lowest BCUT2D eigenvalue weighted by molar-refractivity contribution is 0.256. The maximum atomic E-state index is 13.7. The number of benzene rings is 2. The van der Waals surface area contributed by atoms with Gasteiger partial charge in [0, 0.05) is 0 Å². The summed E-state index contributed by atoms with van der Waals surface area (Å²) in [5.74, 6) is -10.3. The van der Waals surface area contributed by atoms with Crippen LogP contribution in [0.25, 0.3) is 6.08 Å². The monoisotopic (exact) mass is 361 g/mol. The molecule has 0 radical (unpaired) electrons. The van der Waals surface area contributed by atoms with Crippen molar-refractivity contribution in [2.75, 3.05) is 0 Å². The van der Waals surface area contributed by atoms with Crippen LogP contribution < -0.4 is 4.74 Å². The van der Waals surface area contributed by atoms with Crippen LogP contribution in [0.15, 0.2) is 35.7 Å². The Bertz CT molecular complexity index is 864. The second-order valence-corrected chi connectivity index (χ2v) is 5.92. The molecule has 0 unspecified atom stereocenters. The summed E-state index contributed by atoms with van der Waals surface area (Å²) in [4.78, 5) is -2.22. The minimum Gasteiger partial charge on any atom is -0.744 e. The molecule has 0 heterocycles. The Kier molecular flexibility index (Phi) is 4.95. The predicted molar refractivity (Wildman–Crippen MR) is 75.1 cm³/mol. The summed E-state index contributed by atoms with van der Waals surface area (Å²) in [6, 6.07) is 6.28. The van der Waals surface area contributed by atoms with Gasteiger partial charge < -0.3 is 9.29 Å². The van der Waals surface area contributed by atoms with Gasteiger partial charge in [-0.2, -0.15) is 8.78 Å². The first-order valence-electron chi connectivity index (χ1n) is 6.32. The van der Waals surface area contributed by atoms with E-state index < -0.39 is 50.6 Å². The van der Waals surface area contributed by atoms with Gasteiger partial charge in [-0.05, 0) is 11.1 Å². The van der Waals surface area contributed by atoms with Gasteiger partial charge in [-0.3, -0.25) is 0 Å². The molecular weight excluding hydrogens is 352 g/mol. The molecule has 0 bridgehead atoms. The van der Waals surface area contributed by atoms with Crippen molar-refractivity contribution in [3.63, 3.8) is 0 Å². The molecule has 0 N–H and O–H groups in total. The maximum Gasteiger partial charge on any atom is 0.205 e. The van der Waals surface area contributed by atoms with Gasteiger partial charge in [-0.15, -0.1) is 0 Å². The van der Waals surface area contributed by atoms with Crippen molar-refractivity contribution in [3.05, 3.63) is 65.2 Å². The number of ether oxygens (including phenoxy) is 1. The van der Waals surface area contributed by atoms with Crippen LogP contribution >= 0.6 is 0 Å². The third-order valence-electron chi connectivity index (χ3n) is 3.03. The molecule has 24 heavy (non-hydrogen) atoms. The highest BCUT2D eigenvalue weighted by atomic mass is 32.2. The summed E-state index contributed by atoms with van der Waals surface area (Å²) >= 11 is 0. The van der Waals surface area contributed by atoms with Gasteiger partial charge in [-0.1, -0.05) is 36.9 Å². The van der Waals surface area contributed by atoms with E-state index in [1.54, 1.807) is 18.2 Å². The van der Waals surface area contributed by atoms with E-state index in [4.69, 9.17) is 4.74 Å². The normalized spacial score (nSPS) is 11.4. The second-order valence-electron chi connectivity index (χ2n) is 4.60. The minimum absolute atomic E-state index is 0.417. The zero-order valence-electron chi connectivity index (χ0n) is 11.9. The van der Waals surface area contributed by atoms with E-state index in [1.807, 2.05) is 0 Å². The Morgan fingerprint density at radius 1 is 1.00 bits per heavy atom. The minimum atomic E-state index is -5.75. The standard InChI is InChI=1S/C15H10F4O4S/c1-2-8-3-5-9(6-4-8)7-23-14-10(16)12(18)15(24(20,21)22)13(19)11(14)17/h2-6H,1,7H2,(H,20,21,22)/p-1. The topological polar surface area (TPSA) is 66.4 Å². The molecule has 0 saturated heterocycles. The van der Waals surface area contributed by atoms with E-state index >= 15 is 0 Å². The quantitative estimate of drug-likeness (QED) is 0.465. The molecule has 0 spiro atoms. The molecule has 0 saturated carbocycles. The highest BCUT2D eigenvalue weighted by Crippen LogP contribution is 2.32. The Morgan fingerprint density at radius 3 is 1.92 bits per heavy atom. The molecule has 0 aliphatic carbocycles. The third kappa shape index (κ3) is 3.41. The van der Waals surface area contributed by atoms with Gasteiger partial charge in [0.15, 0.2) is 17.4 Å². The number of hydrogen-bond acceptors (Lipinski definition) is 4. The van der Waals surface area contributed by atoms with Crippen molar-refractivity contribution >= 4 is 16.2 Å². The fourth-order valence-corrected chi connectivity index (χ4v) is 2.46. The van der Waals surface area contributed by atoms with E-state index in [2.05, 4.69) is 6.58 Å². The van der Waals surface area contributed by atoms with Crippen molar-refractivity contribution in [2.45, 2.75) is 11.5 Å². The molecule has 2 aromatic carbocycles. The van der Waals surface area contributed by atoms with E-state index in [0.29, 0.717) is 5.56 Å². The number of halogens is 4. The second kappa shape index (κ2) is 6.62. The molecule has 0 atom stereocenters. The SMILES string of the molecule is C=Cc1ccc(COc2c(F)c(F)c(S(=O)(=O)[O-])c(F)c2F)cc1. The van der Waals surface area contributed by atoms with Gasteiger partial charge in [0.05, 0.1) is 0 Å². The first-order valence-corrected chi connectivity index (χ1v) is 7.73. The molecule has 2 aromatic rings. The van der Waals surface area contributed by atoms with Gasteiger partial charge in [0.25, 0.3) is 0 Å². The summed E-state index contributed by atoms with van der Waals surface area (Å²) in [6.07, 6.45) is 1.55. The average Bonchev–Trinajstić information content (AvgIpc) is 2.52. The first-order chi connectivity index (χ1) is 11.2. The molecule has 0 aliphatic rings. The van der Waals surface area contributed by atoms with Gasteiger partial charge in [0.1, 0.15) is 21.6 Å². The first kappa shape index (κ1) is 18.0. The van der Waals surface area contributed by atoms with Crippen LogP contribution in [-0.2, 0) is 16.7 Å². The molecule has 0 fully saturated rings. The van der Waals surface area contributed by atoms with Crippen molar-refractivity contribution in [2.24, 2.45) is 0 Å². The highest BCUT2D eigenvalue weighted by Gasteiger charge is 2.30. The van der Waals surface area contributed by atoms with Crippen molar-refractivity contribution in [1.82, 2.24) is 0 Å². The molecule has 128 valence electrons. The number of rotatable bonds is 5. The zero-order valence-corrected chi connectivity index (χ0v) is 12.7. The highest BCUT2D eigenvalue weighted by molar-refractivity contribution is 7.85. The molecule has 0 amide bonds. The van der Waals surface area contributed by atoms with Crippen LogP contribution in [0.2, 0.25) is 0 Å². The molecular formula is C15H9F4O4S-. The van der Waals surface area contributed by atoms with E-state index in [9.17, 15) is 30.5 Å². The lowest BCUT2D eigenvalue weighted by Crippen LogP contribution is -2.12. The smallest absolute Gasteiger partial charge is 0.205 e. The average molecular weight is 361 g/mol. The summed E-state index contributed by atoms with van der Waals surface area (Å²) in [6.45, 7) is 3.09. The van der Waals surface area contributed by atoms with Crippen LogP contribution in [0.4, 0.5) is 17.6 Å². The molecule has 4 nitrogen and oxygen atoms in total. The lowest BCUT2D eigenvalue weighted by atomic mass is 10.1. The molecule has 9 heteroatoms. The van der Waals surface area contributed by atoms with Crippen LogP contribution in [0.3, 0.4) is 0 Å². The van der Waals surface area contributed by atoms with E-state index in [1.165, 1.54) is 12.1 Å². The Labute approximate surface area is 134 Å². The fourth-order valence-electron chi connectivity index (χ4n) is 1.84. The van der Waals surface area contributed by atoms with E-state index in [0.717, 1.165) is 5.56 Å². The zero-order chi connectivity index (χ0) is 18.1. The fraction of sp³-hybridized carbons (Fsp3) is 0.0667.